The molecule has 3 aromatic carbocycles. The lowest BCUT2D eigenvalue weighted by Gasteiger charge is -2.26. The molecular formula is C28H28N2O4. The van der Waals surface area contributed by atoms with Gasteiger partial charge in [-0.25, -0.2) is 4.79 Å². The van der Waals surface area contributed by atoms with Gasteiger partial charge in [0.15, 0.2) is 0 Å². The molecule has 5 rings (SSSR count). The van der Waals surface area contributed by atoms with Crippen LogP contribution in [-0.2, 0) is 4.74 Å². The van der Waals surface area contributed by atoms with Gasteiger partial charge in [0.2, 0.25) is 0 Å². The van der Waals surface area contributed by atoms with Gasteiger partial charge >= 0.3 is 6.09 Å². The first-order valence-corrected chi connectivity index (χ1v) is 11.8. The van der Waals surface area contributed by atoms with E-state index in [4.69, 9.17) is 4.74 Å². The highest BCUT2D eigenvalue weighted by molar-refractivity contribution is 6.02. The number of rotatable bonds is 5. The van der Waals surface area contributed by atoms with Gasteiger partial charge in [-0.1, -0.05) is 60.7 Å². The van der Waals surface area contributed by atoms with Crippen molar-refractivity contribution in [1.82, 2.24) is 5.32 Å². The molecule has 1 fully saturated rings. The summed E-state index contributed by atoms with van der Waals surface area (Å²) in [6.45, 7) is 0.207. The summed E-state index contributed by atoms with van der Waals surface area (Å²) >= 11 is 0. The third-order valence-corrected chi connectivity index (χ3v) is 6.78. The number of benzene rings is 3. The van der Waals surface area contributed by atoms with Crippen LogP contribution >= 0.6 is 0 Å². The van der Waals surface area contributed by atoms with E-state index in [1.165, 1.54) is 11.1 Å². The van der Waals surface area contributed by atoms with Crippen molar-refractivity contribution in [3.63, 3.8) is 0 Å². The first-order chi connectivity index (χ1) is 16.6. The van der Waals surface area contributed by atoms with Crippen LogP contribution in [0.4, 0.5) is 10.5 Å². The topological polar surface area (TPSA) is 87.7 Å². The van der Waals surface area contributed by atoms with Gasteiger partial charge < -0.3 is 15.2 Å². The lowest BCUT2D eigenvalue weighted by molar-refractivity contribution is 0.0868. The zero-order valence-electron chi connectivity index (χ0n) is 18.9. The van der Waals surface area contributed by atoms with E-state index in [1.54, 1.807) is 24.3 Å². The van der Waals surface area contributed by atoms with Gasteiger partial charge in [-0.05, 0) is 60.1 Å². The summed E-state index contributed by atoms with van der Waals surface area (Å²) in [7, 11) is 0. The second kappa shape index (κ2) is 9.69. The number of hydrogen-bond donors (Lipinski definition) is 3. The molecule has 2 aliphatic carbocycles. The van der Waals surface area contributed by atoms with Crippen LogP contribution in [0.5, 0.6) is 0 Å². The van der Waals surface area contributed by atoms with Crippen molar-refractivity contribution in [2.24, 2.45) is 0 Å². The lowest BCUT2D eigenvalue weighted by Crippen LogP contribution is -2.38. The summed E-state index contributed by atoms with van der Waals surface area (Å²) in [5.41, 5.74) is 5.44. The van der Waals surface area contributed by atoms with E-state index in [0.29, 0.717) is 24.1 Å². The van der Waals surface area contributed by atoms with Crippen LogP contribution in [-0.4, -0.2) is 35.9 Å². The fourth-order valence-electron chi connectivity index (χ4n) is 5.02. The maximum absolute atomic E-state index is 12.9. The Labute approximate surface area is 199 Å². The van der Waals surface area contributed by atoms with Gasteiger partial charge in [-0.3, -0.25) is 10.1 Å². The van der Waals surface area contributed by atoms with Crippen molar-refractivity contribution in [2.75, 3.05) is 11.9 Å². The standard InChI is InChI=1S/C28H28N2O4/c31-19-15-13-18(14-16-19)29-27(32)24-11-5-6-12-26(24)30-28(33)34-17-25-22-9-3-1-7-20(22)21-8-2-4-10-23(21)25/h1-12,18-19,25,31H,13-17H2,(H,29,32)(H,30,33). The monoisotopic (exact) mass is 456 g/mol. The Bertz CT molecular complexity index is 1150. The van der Waals surface area contributed by atoms with Crippen LogP contribution < -0.4 is 10.6 Å². The number of carbonyl (C=O) groups is 2. The first kappa shape index (κ1) is 22.2. The quantitative estimate of drug-likeness (QED) is 0.500. The Hall–Kier alpha value is -3.64. The molecule has 6 nitrogen and oxygen atoms in total. The van der Waals surface area contributed by atoms with Crippen molar-refractivity contribution < 1.29 is 19.4 Å². The Morgan fingerprint density at radius 1 is 0.824 bits per heavy atom. The maximum Gasteiger partial charge on any atom is 0.411 e. The second-order valence-electron chi connectivity index (χ2n) is 8.98. The van der Waals surface area contributed by atoms with Gasteiger partial charge in [0.25, 0.3) is 5.91 Å². The molecule has 1 saturated carbocycles. The number of ether oxygens (including phenoxy) is 1. The van der Waals surface area contributed by atoms with Gasteiger partial charge in [0.1, 0.15) is 6.61 Å². The fraction of sp³-hybridized carbons (Fsp3) is 0.286. The summed E-state index contributed by atoms with van der Waals surface area (Å²) in [5.74, 6) is -0.269. The molecule has 0 heterocycles. The van der Waals surface area contributed by atoms with Crippen LogP contribution in [0.2, 0.25) is 0 Å². The third-order valence-electron chi connectivity index (χ3n) is 6.78. The predicted octanol–water partition coefficient (Wildman–Crippen LogP) is 5.08. The zero-order valence-corrected chi connectivity index (χ0v) is 18.9. The van der Waals surface area contributed by atoms with Gasteiger partial charge in [-0.2, -0.15) is 0 Å². The molecule has 174 valence electrons. The number of anilines is 1. The van der Waals surface area contributed by atoms with E-state index in [2.05, 4.69) is 34.9 Å². The summed E-state index contributed by atoms with van der Waals surface area (Å²) < 4.78 is 5.63. The van der Waals surface area contributed by atoms with E-state index in [9.17, 15) is 14.7 Å². The molecule has 0 spiro atoms. The Morgan fingerprint density at radius 3 is 2.09 bits per heavy atom. The van der Waals surface area contributed by atoms with Crippen molar-refractivity contribution in [3.05, 3.63) is 89.5 Å². The lowest BCUT2D eigenvalue weighted by atomic mass is 9.93. The molecule has 0 radical (unpaired) electrons. The molecule has 0 bridgehead atoms. The van der Waals surface area contributed by atoms with Crippen LogP contribution in [0.25, 0.3) is 11.1 Å². The van der Waals surface area contributed by atoms with E-state index in [0.717, 1.165) is 24.0 Å². The van der Waals surface area contributed by atoms with Crippen molar-refractivity contribution in [2.45, 2.75) is 43.7 Å². The summed E-state index contributed by atoms with van der Waals surface area (Å²) in [6, 6.07) is 23.3. The maximum atomic E-state index is 12.9. The normalized spacial score (nSPS) is 19.1. The molecule has 3 N–H and O–H groups in total. The second-order valence-corrected chi connectivity index (χ2v) is 8.98. The van der Waals surface area contributed by atoms with E-state index in [1.807, 2.05) is 24.3 Å². The zero-order chi connectivity index (χ0) is 23.5. The minimum Gasteiger partial charge on any atom is -0.448 e. The summed E-state index contributed by atoms with van der Waals surface area (Å²) in [6.07, 6.45) is 1.98. The van der Waals surface area contributed by atoms with Gasteiger partial charge in [0, 0.05) is 12.0 Å². The molecule has 6 heteroatoms. The highest BCUT2D eigenvalue weighted by Crippen LogP contribution is 2.44. The van der Waals surface area contributed by atoms with Gasteiger partial charge in [-0.15, -0.1) is 0 Å². The third kappa shape index (κ3) is 4.54. The smallest absolute Gasteiger partial charge is 0.411 e. The molecule has 2 aliphatic rings. The molecule has 34 heavy (non-hydrogen) atoms. The largest absolute Gasteiger partial charge is 0.448 e. The SMILES string of the molecule is O=C(Nc1ccccc1C(=O)NC1CCC(O)CC1)OCC1c2ccccc2-c2ccccc21. The highest BCUT2D eigenvalue weighted by Gasteiger charge is 2.29. The molecular weight excluding hydrogens is 428 g/mol. The van der Waals surface area contributed by atoms with Crippen LogP contribution in [0.1, 0.15) is 53.1 Å². The number of aliphatic hydroxyl groups is 1. The first-order valence-electron chi connectivity index (χ1n) is 11.8. The number of aliphatic hydroxyl groups excluding tert-OH is 1. The number of hydrogen-bond acceptors (Lipinski definition) is 4. The number of carbonyl (C=O) groups excluding carboxylic acids is 2. The molecule has 2 amide bonds. The van der Waals surface area contributed by atoms with E-state index in [-0.39, 0.29) is 30.6 Å². The Balaban J connectivity index is 1.24. The van der Waals surface area contributed by atoms with Gasteiger partial charge in [0.05, 0.1) is 17.4 Å². The number of para-hydroxylation sites is 1. The number of fused-ring (bicyclic) bond motifs is 3. The van der Waals surface area contributed by atoms with Crippen molar-refractivity contribution >= 4 is 17.7 Å². The van der Waals surface area contributed by atoms with E-state index >= 15 is 0 Å². The Kier molecular flexibility index (Phi) is 6.32. The molecule has 0 aliphatic heterocycles. The molecule has 0 unspecified atom stereocenters. The highest BCUT2D eigenvalue weighted by atomic mass is 16.5. The van der Waals surface area contributed by atoms with Crippen molar-refractivity contribution in [3.8, 4) is 11.1 Å². The minimum atomic E-state index is -0.595. The minimum absolute atomic E-state index is 0.0263. The fourth-order valence-corrected chi connectivity index (χ4v) is 5.02. The number of nitrogens with one attached hydrogen (secondary N) is 2. The predicted molar refractivity (Wildman–Crippen MR) is 131 cm³/mol. The molecule has 3 aromatic rings. The summed E-state index contributed by atoms with van der Waals surface area (Å²) in [5, 5.41) is 15.5. The molecule has 0 aromatic heterocycles. The van der Waals surface area contributed by atoms with Crippen LogP contribution in [0, 0.1) is 0 Å². The van der Waals surface area contributed by atoms with E-state index < -0.39 is 6.09 Å². The molecule has 0 saturated heterocycles. The average Bonchev–Trinajstić information content (AvgIpc) is 3.18. The number of amides is 2. The summed E-state index contributed by atoms with van der Waals surface area (Å²) in [4.78, 5) is 25.6. The van der Waals surface area contributed by atoms with Crippen LogP contribution in [0.15, 0.2) is 72.8 Å². The Morgan fingerprint density at radius 2 is 1.41 bits per heavy atom. The average molecular weight is 457 g/mol. The van der Waals surface area contributed by atoms with Crippen molar-refractivity contribution in [1.29, 1.82) is 0 Å². The van der Waals surface area contributed by atoms with Crippen LogP contribution in [0.3, 0.4) is 0 Å². The molecule has 0 atom stereocenters.